The van der Waals surface area contributed by atoms with E-state index in [1.165, 1.54) is 27.6 Å². The normalized spacial score (nSPS) is 15.4. The van der Waals surface area contributed by atoms with E-state index in [4.69, 9.17) is 19.3 Å². The molecule has 3 aliphatic rings. The second-order valence-corrected chi connectivity index (χ2v) is 15.5. The van der Waals surface area contributed by atoms with Crippen LogP contribution in [0, 0.1) is 0 Å². The molecule has 0 spiro atoms. The van der Waals surface area contributed by atoms with Crippen molar-refractivity contribution in [2.24, 2.45) is 0 Å². The van der Waals surface area contributed by atoms with Crippen molar-refractivity contribution >= 4 is 56.6 Å². The highest BCUT2D eigenvalue weighted by Crippen LogP contribution is 2.43. The summed E-state index contributed by atoms with van der Waals surface area (Å²) >= 11 is 3.27. The van der Waals surface area contributed by atoms with Gasteiger partial charge in [-0.1, -0.05) is 0 Å². The van der Waals surface area contributed by atoms with Crippen LogP contribution in [0.15, 0.2) is 53.8 Å². The zero-order chi connectivity index (χ0) is 42.1. The van der Waals surface area contributed by atoms with Crippen molar-refractivity contribution in [1.82, 2.24) is 43.9 Å². The zero-order valence-corrected chi connectivity index (χ0v) is 34.9. The Bertz CT molecular complexity index is 2590. The smallest absolute Gasteiger partial charge is 0.343 e. The summed E-state index contributed by atoms with van der Waals surface area (Å²) in [5.41, 5.74) is 5.84. The summed E-state index contributed by atoms with van der Waals surface area (Å²) in [6.07, 6.45) is 10.5. The topological polar surface area (TPSA) is 164 Å². The average Bonchev–Trinajstić information content (AvgIpc) is 3.98. The van der Waals surface area contributed by atoms with E-state index < -0.39 is 18.4 Å². The molecule has 1 fully saturated rings. The molecule has 0 saturated carbocycles. The van der Waals surface area contributed by atoms with Crippen LogP contribution in [0.5, 0.6) is 0 Å². The van der Waals surface area contributed by atoms with Crippen LogP contribution >= 0.6 is 15.9 Å². The number of aromatic nitrogens is 8. The third-order valence-corrected chi connectivity index (χ3v) is 11.3. The second kappa shape index (κ2) is 17.4. The molecule has 8 heterocycles. The van der Waals surface area contributed by atoms with Gasteiger partial charge in [-0.25, -0.2) is 37.4 Å². The van der Waals surface area contributed by atoms with Crippen molar-refractivity contribution in [3.05, 3.63) is 87.3 Å². The van der Waals surface area contributed by atoms with Crippen molar-refractivity contribution in [1.29, 1.82) is 0 Å². The van der Waals surface area contributed by atoms with Crippen LogP contribution in [-0.2, 0) is 38.4 Å². The third kappa shape index (κ3) is 7.94. The van der Waals surface area contributed by atoms with Crippen LogP contribution in [0.2, 0.25) is 0 Å². The fourth-order valence-electron chi connectivity index (χ4n) is 8.02. The van der Waals surface area contributed by atoms with E-state index in [2.05, 4.69) is 45.7 Å². The minimum atomic E-state index is -2.75. The van der Waals surface area contributed by atoms with E-state index >= 15 is 0 Å². The molecular formula is C41H43BrF2N10O6. The number of carbonyl (C=O) groups excluding carboxylic acids is 3. The lowest BCUT2D eigenvalue weighted by atomic mass is 9.92. The quantitative estimate of drug-likeness (QED) is 0.149. The van der Waals surface area contributed by atoms with Crippen LogP contribution < -0.4 is 4.90 Å². The van der Waals surface area contributed by atoms with Crippen LogP contribution in [0.4, 0.5) is 20.3 Å². The number of halogens is 3. The molecule has 3 aliphatic heterocycles. The molecular weight excluding hydrogens is 846 g/mol. The van der Waals surface area contributed by atoms with E-state index in [0.717, 1.165) is 52.8 Å². The Morgan fingerprint density at radius 1 is 0.900 bits per heavy atom. The Kier molecular flexibility index (Phi) is 11.9. The number of alkyl halides is 2. The number of esters is 2. The molecule has 0 aliphatic carbocycles. The maximum Gasteiger partial charge on any atom is 0.343 e. The van der Waals surface area contributed by atoms with E-state index in [-0.39, 0.29) is 29.7 Å². The summed E-state index contributed by atoms with van der Waals surface area (Å²) in [6.45, 7) is 8.64. The number of carbonyl (C=O) groups is 3. The molecule has 0 atom stereocenters. The minimum absolute atomic E-state index is 0.00576. The van der Waals surface area contributed by atoms with Crippen molar-refractivity contribution in [3.8, 4) is 11.1 Å². The first-order valence-corrected chi connectivity index (χ1v) is 20.7. The summed E-state index contributed by atoms with van der Waals surface area (Å²) in [4.78, 5) is 48.6. The summed E-state index contributed by atoms with van der Waals surface area (Å²) in [7, 11) is 0. The standard InChI is InChI=1S/C32H35F2N7O4.C9H8BrN3O2/c1-3-45-32(43)25-16-36-40-17-21(15-35-30(25)40)23-13-20-5-4-9-39(28(20)14-24(23)29(33)34)31-26-18-38(19(2)42)10-6-27(26)41(37-31)22-7-11-44-12-8-22;1-2-15-9(14)7-4-12-13-5-6(10)3-11-8(7)13/h13-17,22,29H,3-12,18H2,1-2H3;3-5H,2H2,1H3. The van der Waals surface area contributed by atoms with Gasteiger partial charge in [0.25, 0.3) is 6.43 Å². The highest BCUT2D eigenvalue weighted by Gasteiger charge is 2.34. The lowest BCUT2D eigenvalue weighted by Gasteiger charge is -2.33. The maximum atomic E-state index is 14.8. The van der Waals surface area contributed by atoms with Gasteiger partial charge in [-0.2, -0.15) is 15.3 Å². The van der Waals surface area contributed by atoms with Crippen LogP contribution in [0.25, 0.3) is 22.4 Å². The Balaban J connectivity index is 0.000000280. The van der Waals surface area contributed by atoms with Crippen molar-refractivity contribution < 1.29 is 37.4 Å². The Hall–Kier alpha value is -5.82. The first-order valence-electron chi connectivity index (χ1n) is 19.9. The Labute approximate surface area is 351 Å². The molecule has 60 heavy (non-hydrogen) atoms. The predicted octanol–water partition coefficient (Wildman–Crippen LogP) is 6.72. The molecule has 6 aromatic rings. The van der Waals surface area contributed by atoms with Gasteiger partial charge < -0.3 is 24.0 Å². The van der Waals surface area contributed by atoms with Crippen molar-refractivity contribution in [3.63, 3.8) is 0 Å². The van der Waals surface area contributed by atoms with E-state index in [9.17, 15) is 23.2 Å². The SMILES string of the molecule is CCOC(=O)c1cnn2cc(-c3cc4c(cc3C(F)F)N(c3nn(C5CCOCC5)c5c3CN(C(C)=O)CC5)CCC4)cnc12.CCOC(=O)c1cnn2cc(Br)cnc12. The van der Waals surface area contributed by atoms with E-state index in [1.807, 2.05) is 11.0 Å². The van der Waals surface area contributed by atoms with E-state index in [0.29, 0.717) is 79.5 Å². The molecule has 314 valence electrons. The molecule has 5 aromatic heterocycles. The number of hydrogen-bond acceptors (Lipinski definition) is 12. The van der Waals surface area contributed by atoms with E-state index in [1.54, 1.807) is 45.4 Å². The fourth-order valence-corrected chi connectivity index (χ4v) is 8.31. The number of aryl methyl sites for hydroxylation is 1. The van der Waals surface area contributed by atoms with Gasteiger partial charge >= 0.3 is 11.9 Å². The largest absolute Gasteiger partial charge is 0.462 e. The van der Waals surface area contributed by atoms with Crippen LogP contribution in [0.1, 0.15) is 95.6 Å². The average molecular weight is 890 g/mol. The lowest BCUT2D eigenvalue weighted by molar-refractivity contribution is -0.129. The van der Waals surface area contributed by atoms with Gasteiger partial charge in [0.1, 0.15) is 11.1 Å². The van der Waals surface area contributed by atoms with Gasteiger partial charge in [-0.05, 0) is 78.7 Å². The van der Waals surface area contributed by atoms with Crippen molar-refractivity contribution in [2.45, 2.75) is 71.9 Å². The summed E-state index contributed by atoms with van der Waals surface area (Å²) in [6, 6.07) is 3.60. The highest BCUT2D eigenvalue weighted by molar-refractivity contribution is 9.10. The summed E-state index contributed by atoms with van der Waals surface area (Å²) < 4.78 is 51.0. The molecule has 1 saturated heterocycles. The predicted molar refractivity (Wildman–Crippen MR) is 217 cm³/mol. The highest BCUT2D eigenvalue weighted by atomic mass is 79.9. The Morgan fingerprint density at radius 3 is 2.22 bits per heavy atom. The number of rotatable bonds is 8. The minimum Gasteiger partial charge on any atom is -0.462 e. The number of nitrogens with zero attached hydrogens (tertiary/aromatic N) is 10. The molecule has 19 heteroatoms. The maximum absolute atomic E-state index is 14.8. The lowest BCUT2D eigenvalue weighted by Crippen LogP contribution is -2.36. The summed E-state index contributed by atoms with van der Waals surface area (Å²) in [5, 5.41) is 13.4. The number of fused-ring (bicyclic) bond motifs is 4. The number of ether oxygens (including phenoxy) is 3. The fraction of sp³-hybridized carbons (Fsp3) is 0.415. The summed E-state index contributed by atoms with van der Waals surface area (Å²) in [5.74, 6) is -0.196. The molecule has 0 bridgehead atoms. The molecule has 9 rings (SSSR count). The molecule has 0 unspecified atom stereocenters. The van der Waals surface area contributed by atoms with Crippen LogP contribution in [0.3, 0.4) is 0 Å². The number of benzene rings is 1. The zero-order valence-electron chi connectivity index (χ0n) is 33.3. The monoisotopic (exact) mass is 888 g/mol. The van der Waals surface area contributed by atoms with Gasteiger partial charge in [0.15, 0.2) is 17.1 Å². The van der Waals surface area contributed by atoms with Gasteiger partial charge in [-0.15, -0.1) is 0 Å². The first kappa shape index (κ1) is 40.9. The molecule has 16 nitrogen and oxygen atoms in total. The molecule has 1 aromatic carbocycles. The Morgan fingerprint density at radius 2 is 1.57 bits per heavy atom. The second-order valence-electron chi connectivity index (χ2n) is 14.6. The van der Waals surface area contributed by atoms with Gasteiger partial charge in [0.2, 0.25) is 5.91 Å². The molecule has 1 amide bonds. The number of hydrogen-bond donors (Lipinski definition) is 0. The van der Waals surface area contributed by atoms with Gasteiger partial charge in [-0.3, -0.25) is 9.48 Å². The van der Waals surface area contributed by atoms with Crippen molar-refractivity contribution in [2.75, 3.05) is 44.4 Å². The third-order valence-electron chi connectivity index (χ3n) is 10.9. The number of anilines is 2. The van der Waals surface area contributed by atoms with Gasteiger partial charge in [0.05, 0.1) is 42.7 Å². The van der Waals surface area contributed by atoms with Gasteiger partial charge in [0, 0.05) is 92.5 Å². The first-order chi connectivity index (χ1) is 29.1. The molecule has 0 radical (unpaired) electrons. The molecule has 0 N–H and O–H groups in total. The number of amides is 1. The van der Waals surface area contributed by atoms with Crippen LogP contribution in [-0.4, -0.2) is 101 Å².